The predicted molar refractivity (Wildman–Crippen MR) is 37.0 cm³/mol. The molecule has 1 atom stereocenters. The second-order valence-corrected chi connectivity index (χ2v) is 3.13. The zero-order valence-electron chi connectivity index (χ0n) is 6.99. The number of hydrogen-bond acceptors (Lipinski definition) is 5. The molecule has 1 unspecified atom stereocenters. The van der Waals surface area contributed by atoms with Crippen LogP contribution in [0.15, 0.2) is 0 Å². The summed E-state index contributed by atoms with van der Waals surface area (Å²) in [5.41, 5.74) is 0. The van der Waals surface area contributed by atoms with Crippen molar-refractivity contribution in [3.05, 3.63) is 0 Å². The standard InChI is InChI=1S/C4H10ClO5P.Na/c1-2-9-11(6,7)10-8-4-3-5;/h2-4H2,1H3,(H,6,7);/q;+1/p-1. The van der Waals surface area contributed by atoms with Gasteiger partial charge in [-0.25, -0.2) is 4.89 Å². The monoisotopic (exact) mass is 226 g/mol. The summed E-state index contributed by atoms with van der Waals surface area (Å²) in [5, 5.41) is 0. The fraction of sp³-hybridized carbons (Fsp3) is 1.00. The van der Waals surface area contributed by atoms with Crippen LogP contribution in [0, 0.1) is 0 Å². The Morgan fingerprint density at radius 3 is 2.58 bits per heavy atom. The van der Waals surface area contributed by atoms with E-state index >= 15 is 0 Å². The quantitative estimate of drug-likeness (QED) is 0.127. The summed E-state index contributed by atoms with van der Waals surface area (Å²) >= 11 is 5.17. The van der Waals surface area contributed by atoms with Gasteiger partial charge in [-0.3, -0.25) is 4.57 Å². The van der Waals surface area contributed by atoms with E-state index in [4.69, 9.17) is 11.6 Å². The molecule has 0 bridgehead atoms. The average molecular weight is 227 g/mol. The van der Waals surface area contributed by atoms with E-state index in [0.29, 0.717) is 0 Å². The summed E-state index contributed by atoms with van der Waals surface area (Å²) in [4.78, 5) is 14.7. The van der Waals surface area contributed by atoms with Crippen LogP contribution in [0.5, 0.6) is 0 Å². The maximum absolute atomic E-state index is 10.5. The topological polar surface area (TPSA) is 67.8 Å². The summed E-state index contributed by atoms with van der Waals surface area (Å²) < 4.78 is 18.6. The Bertz CT molecular complexity index is 145. The molecule has 0 radical (unpaired) electrons. The molecule has 8 heteroatoms. The van der Waals surface area contributed by atoms with Crippen molar-refractivity contribution in [1.29, 1.82) is 0 Å². The Labute approximate surface area is 98.2 Å². The van der Waals surface area contributed by atoms with Crippen LogP contribution in [0.4, 0.5) is 0 Å². The van der Waals surface area contributed by atoms with Gasteiger partial charge in [-0.05, 0) is 6.92 Å². The van der Waals surface area contributed by atoms with Crippen molar-refractivity contribution < 1.29 is 53.1 Å². The van der Waals surface area contributed by atoms with Crippen LogP contribution in [0.25, 0.3) is 0 Å². The van der Waals surface area contributed by atoms with E-state index < -0.39 is 7.82 Å². The summed E-state index contributed by atoms with van der Waals surface area (Å²) in [6.45, 7) is 1.54. The van der Waals surface area contributed by atoms with Crippen LogP contribution in [0.2, 0.25) is 0 Å². The van der Waals surface area contributed by atoms with Crippen molar-refractivity contribution in [1.82, 2.24) is 0 Å². The minimum atomic E-state index is -4.25. The number of alkyl halides is 1. The molecule has 0 amide bonds. The number of phosphoric acid groups is 1. The molecule has 0 N–H and O–H groups in total. The molecule has 5 nitrogen and oxygen atoms in total. The van der Waals surface area contributed by atoms with E-state index in [1.54, 1.807) is 0 Å². The molecule has 0 saturated heterocycles. The molecular formula is C4H9ClNaO5P. The van der Waals surface area contributed by atoms with Gasteiger partial charge in [0.1, 0.15) is 0 Å². The Morgan fingerprint density at radius 2 is 2.17 bits per heavy atom. The normalized spacial score (nSPS) is 14.9. The first-order valence-corrected chi connectivity index (χ1v) is 4.94. The Hall–Kier alpha value is 1.36. The van der Waals surface area contributed by atoms with Crippen molar-refractivity contribution in [2.24, 2.45) is 0 Å². The zero-order chi connectivity index (χ0) is 8.74. The minimum Gasteiger partial charge on any atom is -0.754 e. The van der Waals surface area contributed by atoms with Gasteiger partial charge in [-0.2, -0.15) is 4.67 Å². The molecule has 0 aliphatic carbocycles. The molecule has 0 aliphatic heterocycles. The third-order valence-corrected chi connectivity index (χ3v) is 1.61. The van der Waals surface area contributed by atoms with Crippen molar-refractivity contribution in [2.45, 2.75) is 6.92 Å². The molecule has 0 fully saturated rings. The van der Waals surface area contributed by atoms with E-state index in [-0.39, 0.29) is 48.7 Å². The fourth-order valence-corrected chi connectivity index (χ4v) is 0.939. The van der Waals surface area contributed by atoms with Crippen LogP contribution < -0.4 is 34.5 Å². The maximum atomic E-state index is 10.5. The van der Waals surface area contributed by atoms with Gasteiger partial charge in [0, 0.05) is 5.88 Å². The first-order chi connectivity index (χ1) is 5.12. The maximum Gasteiger partial charge on any atom is 1.00 e. The van der Waals surface area contributed by atoms with Gasteiger partial charge in [-0.1, -0.05) is 0 Å². The second kappa shape index (κ2) is 8.94. The van der Waals surface area contributed by atoms with Crippen molar-refractivity contribution in [3.63, 3.8) is 0 Å². The van der Waals surface area contributed by atoms with Crippen molar-refractivity contribution >= 4 is 19.4 Å². The summed E-state index contributed by atoms with van der Waals surface area (Å²) in [6.07, 6.45) is 0. The van der Waals surface area contributed by atoms with E-state index in [1.165, 1.54) is 6.92 Å². The number of phosphoric ester groups is 1. The van der Waals surface area contributed by atoms with E-state index in [1.807, 2.05) is 0 Å². The van der Waals surface area contributed by atoms with E-state index in [2.05, 4.69) is 14.1 Å². The van der Waals surface area contributed by atoms with E-state index in [0.717, 1.165) is 0 Å². The SMILES string of the molecule is CCOP(=O)([O-])OOCCCl.[Na+]. The van der Waals surface area contributed by atoms with Crippen molar-refractivity contribution in [2.75, 3.05) is 19.1 Å². The third-order valence-electron chi connectivity index (χ3n) is 0.592. The first-order valence-electron chi connectivity index (χ1n) is 2.95. The largest absolute Gasteiger partial charge is 1.00 e. The van der Waals surface area contributed by atoms with Gasteiger partial charge >= 0.3 is 29.6 Å². The van der Waals surface area contributed by atoms with Gasteiger partial charge in [0.25, 0.3) is 7.82 Å². The molecule has 0 aromatic rings. The van der Waals surface area contributed by atoms with Crippen LogP contribution in [-0.4, -0.2) is 19.1 Å². The van der Waals surface area contributed by atoms with Crippen molar-refractivity contribution in [3.8, 4) is 0 Å². The van der Waals surface area contributed by atoms with Gasteiger partial charge in [0.2, 0.25) is 0 Å². The van der Waals surface area contributed by atoms with Gasteiger partial charge in [0.15, 0.2) is 0 Å². The molecule has 0 aromatic heterocycles. The fourth-order valence-electron chi connectivity index (χ4n) is 0.313. The molecule has 0 spiro atoms. The van der Waals surface area contributed by atoms with Crippen LogP contribution in [0.1, 0.15) is 6.92 Å². The number of hydrogen-bond donors (Lipinski definition) is 0. The smallest absolute Gasteiger partial charge is 0.754 e. The average Bonchev–Trinajstić information content (AvgIpc) is 1.87. The Balaban J connectivity index is 0. The van der Waals surface area contributed by atoms with Gasteiger partial charge in [0.05, 0.1) is 13.2 Å². The summed E-state index contributed by atoms with van der Waals surface area (Å²) in [7, 11) is -4.25. The first kappa shape index (κ1) is 15.8. The number of rotatable bonds is 6. The Kier molecular flexibility index (Phi) is 11.8. The van der Waals surface area contributed by atoms with Crippen LogP contribution in [0.3, 0.4) is 0 Å². The molecule has 0 aliphatic rings. The zero-order valence-corrected chi connectivity index (χ0v) is 10.6. The molecule has 0 rings (SSSR count). The summed E-state index contributed by atoms with van der Waals surface area (Å²) in [6, 6.07) is 0. The van der Waals surface area contributed by atoms with E-state index in [9.17, 15) is 9.46 Å². The molecular weight excluding hydrogens is 217 g/mol. The molecule has 12 heavy (non-hydrogen) atoms. The number of halogens is 1. The third kappa shape index (κ3) is 9.45. The Morgan fingerprint density at radius 1 is 1.58 bits per heavy atom. The van der Waals surface area contributed by atoms with Gasteiger partial charge in [-0.15, -0.1) is 11.6 Å². The van der Waals surface area contributed by atoms with Gasteiger partial charge < -0.3 is 9.42 Å². The van der Waals surface area contributed by atoms with Crippen LogP contribution >= 0.6 is 19.4 Å². The molecule has 68 valence electrons. The molecule has 0 aromatic carbocycles. The second-order valence-electron chi connectivity index (χ2n) is 1.45. The molecule has 0 heterocycles. The van der Waals surface area contributed by atoms with Crippen LogP contribution in [-0.2, 0) is 18.7 Å². The predicted octanol–water partition coefficient (Wildman–Crippen LogP) is -2.32. The minimum absolute atomic E-state index is 0. The summed E-state index contributed by atoms with van der Waals surface area (Å²) in [5.74, 6) is 0.159. The molecule has 0 saturated carbocycles.